The molecule has 0 saturated carbocycles. The molecule has 0 unspecified atom stereocenters. The Bertz CT molecular complexity index is 1990. The van der Waals surface area contributed by atoms with Gasteiger partial charge in [-0.25, -0.2) is 4.98 Å². The number of rotatable bonds is 3. The fourth-order valence-corrected chi connectivity index (χ4v) is 5.01. The molecule has 0 bridgehead atoms. The Labute approximate surface area is 221 Å². The summed E-state index contributed by atoms with van der Waals surface area (Å²) in [5.41, 5.74) is 7.13. The van der Waals surface area contributed by atoms with Crippen molar-refractivity contribution in [1.82, 2.24) is 9.97 Å². The van der Waals surface area contributed by atoms with Gasteiger partial charge in [0.2, 0.25) is 5.71 Å². The summed E-state index contributed by atoms with van der Waals surface area (Å²) >= 11 is 0. The highest BCUT2D eigenvalue weighted by molar-refractivity contribution is 6.08. The normalized spacial score (nSPS) is 12.0. The lowest BCUT2D eigenvalue weighted by atomic mass is 9.98. The molecular weight excluding hydrogens is 497 g/mol. The van der Waals surface area contributed by atoms with Gasteiger partial charge in [0.05, 0.1) is 11.1 Å². The molecule has 7 rings (SSSR count). The second kappa shape index (κ2) is 8.81. The summed E-state index contributed by atoms with van der Waals surface area (Å²) in [6.07, 6.45) is -0.803. The molecule has 0 radical (unpaired) electrons. The average molecular weight is 517 g/mol. The first-order chi connectivity index (χ1) is 18.9. The molecule has 0 aliphatic heterocycles. The van der Waals surface area contributed by atoms with E-state index >= 15 is 0 Å². The number of alkyl halides is 3. The zero-order valence-electron chi connectivity index (χ0n) is 20.4. The number of halogens is 3. The minimum atomic E-state index is -4.35. The molecule has 0 atom stereocenters. The quantitative estimate of drug-likeness (QED) is 0.235. The zero-order chi connectivity index (χ0) is 26.6. The minimum absolute atomic E-state index is 0.625. The van der Waals surface area contributed by atoms with Gasteiger partial charge in [-0.2, -0.15) is 13.2 Å². The van der Waals surface area contributed by atoms with Gasteiger partial charge >= 0.3 is 6.18 Å². The summed E-state index contributed by atoms with van der Waals surface area (Å²) in [6, 6.07) is 31.3. The number of hydrogen-bond donors (Lipinski definition) is 0. The number of hydrogen-bond acceptors (Lipinski definition) is 3. The molecule has 0 aliphatic carbocycles. The Morgan fingerprint density at radius 1 is 0.590 bits per heavy atom. The molecular formula is C33H19F3N2O. The molecule has 3 heterocycles. The van der Waals surface area contributed by atoms with Crippen LogP contribution in [0.1, 0.15) is 5.56 Å². The van der Waals surface area contributed by atoms with Crippen molar-refractivity contribution in [2.45, 2.75) is 6.18 Å². The van der Waals surface area contributed by atoms with Crippen LogP contribution in [0.15, 0.2) is 120 Å². The summed E-state index contributed by atoms with van der Waals surface area (Å²) in [4.78, 5) is 9.00. The molecule has 7 aromatic rings. The second-order valence-corrected chi connectivity index (χ2v) is 9.42. The van der Waals surface area contributed by atoms with Crippen molar-refractivity contribution in [2.75, 3.05) is 0 Å². The van der Waals surface area contributed by atoms with Crippen LogP contribution in [-0.4, -0.2) is 9.97 Å². The van der Waals surface area contributed by atoms with E-state index in [9.17, 15) is 13.2 Å². The third kappa shape index (κ3) is 4.10. The largest absolute Gasteiger partial charge is 0.437 e. The summed E-state index contributed by atoms with van der Waals surface area (Å²) in [5.74, 6) is 0. The summed E-state index contributed by atoms with van der Waals surface area (Å²) in [7, 11) is 0. The van der Waals surface area contributed by atoms with Gasteiger partial charge in [0.15, 0.2) is 0 Å². The Morgan fingerprint density at radius 2 is 1.28 bits per heavy atom. The van der Waals surface area contributed by atoms with Crippen molar-refractivity contribution in [3.05, 3.63) is 121 Å². The Hall–Kier alpha value is -4.97. The third-order valence-electron chi connectivity index (χ3n) is 7.03. The van der Waals surface area contributed by atoms with Crippen LogP contribution in [-0.2, 0) is 6.18 Å². The van der Waals surface area contributed by atoms with Crippen molar-refractivity contribution in [3.8, 4) is 33.4 Å². The molecule has 4 aromatic carbocycles. The predicted molar refractivity (Wildman–Crippen MR) is 148 cm³/mol. The number of para-hydroxylation sites is 1. The first-order valence-electron chi connectivity index (χ1n) is 12.4. The van der Waals surface area contributed by atoms with E-state index in [-0.39, 0.29) is 0 Å². The van der Waals surface area contributed by atoms with Gasteiger partial charge in [-0.05, 0) is 58.7 Å². The highest BCUT2D eigenvalue weighted by atomic mass is 19.4. The predicted octanol–water partition coefficient (Wildman–Crippen LogP) is 9.55. The molecule has 39 heavy (non-hydrogen) atoms. The van der Waals surface area contributed by atoms with Crippen molar-refractivity contribution in [2.24, 2.45) is 0 Å². The first-order valence-corrected chi connectivity index (χ1v) is 12.4. The molecule has 3 aromatic heterocycles. The van der Waals surface area contributed by atoms with Gasteiger partial charge in [-0.3, -0.25) is 4.98 Å². The van der Waals surface area contributed by atoms with Crippen LogP contribution in [0.3, 0.4) is 0 Å². The lowest BCUT2D eigenvalue weighted by Crippen LogP contribution is -2.03. The van der Waals surface area contributed by atoms with Gasteiger partial charge < -0.3 is 4.42 Å². The topological polar surface area (TPSA) is 38.9 Å². The summed E-state index contributed by atoms with van der Waals surface area (Å²) < 4.78 is 44.8. The number of furan rings is 1. The fraction of sp³-hybridized carbons (Fsp3) is 0.0303. The van der Waals surface area contributed by atoms with Gasteiger partial charge in [0.1, 0.15) is 5.58 Å². The van der Waals surface area contributed by atoms with E-state index < -0.39 is 11.7 Å². The maximum absolute atomic E-state index is 12.9. The van der Waals surface area contributed by atoms with Crippen LogP contribution >= 0.6 is 0 Å². The van der Waals surface area contributed by atoms with E-state index in [0.29, 0.717) is 11.3 Å². The average Bonchev–Trinajstić information content (AvgIpc) is 3.35. The summed E-state index contributed by atoms with van der Waals surface area (Å²) in [6.45, 7) is 0. The highest BCUT2D eigenvalue weighted by Gasteiger charge is 2.30. The van der Waals surface area contributed by atoms with Crippen LogP contribution in [0.5, 0.6) is 0 Å². The molecule has 0 saturated heterocycles. The molecule has 0 fully saturated rings. The molecule has 0 aliphatic rings. The van der Waals surface area contributed by atoms with Crippen molar-refractivity contribution in [1.29, 1.82) is 0 Å². The zero-order valence-corrected chi connectivity index (χ0v) is 20.4. The van der Waals surface area contributed by atoms with E-state index in [0.717, 1.165) is 67.2 Å². The molecule has 188 valence electrons. The first kappa shape index (κ1) is 23.2. The molecule has 0 N–H and O–H groups in total. The van der Waals surface area contributed by atoms with Crippen LogP contribution in [0.25, 0.3) is 66.4 Å². The van der Waals surface area contributed by atoms with E-state index in [4.69, 9.17) is 4.42 Å². The Balaban J connectivity index is 1.19. The highest BCUT2D eigenvalue weighted by Crippen LogP contribution is 2.36. The van der Waals surface area contributed by atoms with Crippen molar-refractivity contribution >= 4 is 33.0 Å². The maximum atomic E-state index is 12.9. The number of benzene rings is 4. The minimum Gasteiger partial charge on any atom is -0.437 e. The lowest BCUT2D eigenvalue weighted by molar-refractivity contribution is -0.137. The van der Waals surface area contributed by atoms with E-state index in [1.807, 2.05) is 54.7 Å². The van der Waals surface area contributed by atoms with Gasteiger partial charge in [-0.15, -0.1) is 0 Å². The lowest BCUT2D eigenvalue weighted by Gasteiger charge is -2.09. The molecule has 0 amide bonds. The molecule has 6 heteroatoms. The number of nitrogens with zero attached hydrogens (tertiary/aromatic N) is 2. The Kier molecular flexibility index (Phi) is 5.23. The van der Waals surface area contributed by atoms with E-state index in [2.05, 4.69) is 40.3 Å². The summed E-state index contributed by atoms with van der Waals surface area (Å²) in [5, 5.41) is 2.98. The second-order valence-electron chi connectivity index (χ2n) is 9.42. The standard InChI is InChI=1S/C33H19F3N2O/c34-33(35,36)26-14-12-20(13-15-26)23-10-11-24-17-25(19-38-30(24)18-23)21-6-8-22(9-7-21)27-3-1-4-28-29-5-2-16-37-32(29)39-31(27)28/h1-19H. The Morgan fingerprint density at radius 3 is 2.08 bits per heavy atom. The van der Waals surface area contributed by atoms with Crippen LogP contribution in [0.4, 0.5) is 13.2 Å². The van der Waals surface area contributed by atoms with Crippen molar-refractivity contribution in [3.63, 3.8) is 0 Å². The molecule has 3 nitrogen and oxygen atoms in total. The third-order valence-corrected chi connectivity index (χ3v) is 7.03. The molecule has 0 spiro atoms. The smallest absolute Gasteiger partial charge is 0.416 e. The monoisotopic (exact) mass is 516 g/mol. The van der Waals surface area contributed by atoms with Crippen LogP contribution in [0.2, 0.25) is 0 Å². The van der Waals surface area contributed by atoms with Crippen LogP contribution in [0, 0.1) is 0 Å². The number of aromatic nitrogens is 2. The van der Waals surface area contributed by atoms with E-state index in [1.54, 1.807) is 6.20 Å². The SMILES string of the molecule is FC(F)(F)c1ccc(-c2ccc3cc(-c4ccc(-c5cccc6c5oc5ncccc56)cc4)cnc3c2)cc1. The number of fused-ring (bicyclic) bond motifs is 4. The fourth-order valence-electron chi connectivity index (χ4n) is 5.01. The van der Waals surface area contributed by atoms with Crippen LogP contribution < -0.4 is 0 Å². The maximum Gasteiger partial charge on any atom is 0.416 e. The van der Waals surface area contributed by atoms with Crippen molar-refractivity contribution < 1.29 is 17.6 Å². The van der Waals surface area contributed by atoms with Gasteiger partial charge in [0.25, 0.3) is 0 Å². The van der Waals surface area contributed by atoms with Gasteiger partial charge in [0, 0.05) is 39.7 Å². The van der Waals surface area contributed by atoms with E-state index in [1.165, 1.54) is 12.1 Å². The number of pyridine rings is 2. The van der Waals surface area contributed by atoms with Gasteiger partial charge in [-0.1, -0.05) is 66.7 Å².